The second-order valence-electron chi connectivity index (χ2n) is 4.85. The van der Waals surface area contributed by atoms with Gasteiger partial charge in [0.15, 0.2) is 10.9 Å². The highest BCUT2D eigenvalue weighted by Gasteiger charge is 2.43. The maximum Gasteiger partial charge on any atom is 0.329 e. The molecular weight excluding hydrogens is 318 g/mol. The van der Waals surface area contributed by atoms with Crippen LogP contribution in [-0.2, 0) is 9.53 Å². The monoisotopic (exact) mass is 331 g/mol. The van der Waals surface area contributed by atoms with Crippen molar-refractivity contribution in [2.24, 2.45) is 0 Å². The summed E-state index contributed by atoms with van der Waals surface area (Å²) in [5.41, 5.74) is -0.494. The Kier molecular flexibility index (Phi) is 4.70. The van der Waals surface area contributed by atoms with Gasteiger partial charge in [-0.05, 0) is 13.2 Å². The zero-order chi connectivity index (χ0) is 15.6. The van der Waals surface area contributed by atoms with Crippen molar-refractivity contribution in [1.82, 2.24) is 14.9 Å². The van der Waals surface area contributed by atoms with Crippen LogP contribution in [0.15, 0.2) is 11.4 Å². The van der Waals surface area contributed by atoms with E-state index in [1.807, 2.05) is 0 Å². The number of amides is 1. The fraction of sp³-hybridized carbons (Fsp3) is 0.500. The molecule has 0 saturated carbocycles. The van der Waals surface area contributed by atoms with Gasteiger partial charge in [-0.1, -0.05) is 23.4 Å². The van der Waals surface area contributed by atoms with Gasteiger partial charge in [0.2, 0.25) is 0 Å². The number of nitrogens with zero attached hydrogens (tertiary/aromatic N) is 3. The number of aliphatic carboxylic acids is 1. The smallest absolute Gasteiger partial charge is 0.329 e. The van der Waals surface area contributed by atoms with E-state index in [1.54, 1.807) is 13.2 Å². The highest BCUT2D eigenvalue weighted by Crippen LogP contribution is 2.28. The van der Waals surface area contributed by atoms with Crippen molar-refractivity contribution in [2.75, 3.05) is 26.0 Å². The number of carboxylic acids is 1. The third-order valence-electron chi connectivity index (χ3n) is 2.99. The van der Waals surface area contributed by atoms with Gasteiger partial charge >= 0.3 is 5.97 Å². The van der Waals surface area contributed by atoms with Crippen molar-refractivity contribution in [1.29, 1.82) is 0 Å². The summed E-state index contributed by atoms with van der Waals surface area (Å²) < 4.78 is 5.26. The number of likely N-dealkylation sites (tertiary alicyclic amines) is 1. The zero-order valence-electron chi connectivity index (χ0n) is 11.5. The molecule has 114 valence electrons. The van der Waals surface area contributed by atoms with Crippen LogP contribution in [0.25, 0.3) is 0 Å². The molecule has 1 aromatic rings. The van der Waals surface area contributed by atoms with Crippen LogP contribution >= 0.6 is 23.4 Å². The van der Waals surface area contributed by atoms with Crippen molar-refractivity contribution in [2.45, 2.75) is 17.7 Å². The lowest BCUT2D eigenvalue weighted by molar-refractivity contribution is -0.159. The van der Waals surface area contributed by atoms with E-state index in [4.69, 9.17) is 21.4 Å². The molecule has 1 aliphatic heterocycles. The number of thioether (sulfide) groups is 1. The Labute approximate surface area is 130 Å². The lowest BCUT2D eigenvalue weighted by atomic mass is 9.96. The third kappa shape index (κ3) is 3.63. The Bertz CT molecular complexity index is 578. The average molecular weight is 332 g/mol. The molecule has 2 rings (SSSR count). The van der Waals surface area contributed by atoms with E-state index in [0.717, 1.165) is 0 Å². The van der Waals surface area contributed by atoms with Gasteiger partial charge in [0.1, 0.15) is 12.2 Å². The van der Waals surface area contributed by atoms with Gasteiger partial charge in [-0.15, -0.1) is 0 Å². The van der Waals surface area contributed by atoms with Gasteiger partial charge in [-0.25, -0.2) is 14.8 Å². The number of carbonyl (C=O) groups is 2. The van der Waals surface area contributed by atoms with Crippen molar-refractivity contribution >= 4 is 35.2 Å². The minimum Gasteiger partial charge on any atom is -0.480 e. The minimum atomic E-state index is -1.04. The number of halogens is 1. The summed E-state index contributed by atoms with van der Waals surface area (Å²) in [6.45, 7) is 1.97. The second kappa shape index (κ2) is 6.17. The molecule has 1 aliphatic rings. The molecule has 7 nitrogen and oxygen atoms in total. The van der Waals surface area contributed by atoms with Gasteiger partial charge in [0, 0.05) is 0 Å². The van der Waals surface area contributed by atoms with Crippen LogP contribution in [-0.4, -0.2) is 63.4 Å². The third-order valence-corrected chi connectivity index (χ3v) is 3.83. The second-order valence-corrected chi connectivity index (χ2v) is 6.03. The average Bonchev–Trinajstić information content (AvgIpc) is 2.42. The molecule has 0 radical (unpaired) electrons. The Morgan fingerprint density at radius 3 is 2.81 bits per heavy atom. The zero-order valence-corrected chi connectivity index (χ0v) is 13.1. The molecule has 21 heavy (non-hydrogen) atoms. The van der Waals surface area contributed by atoms with Gasteiger partial charge in [-0.2, -0.15) is 0 Å². The van der Waals surface area contributed by atoms with Crippen LogP contribution < -0.4 is 0 Å². The number of carboxylic acid groups (broad SMARTS) is 1. The Morgan fingerprint density at radius 2 is 2.24 bits per heavy atom. The maximum atomic E-state index is 12.3. The largest absolute Gasteiger partial charge is 0.480 e. The highest BCUT2D eigenvalue weighted by atomic mass is 35.5. The number of carbonyl (C=O) groups excluding carboxylic acids is 1. The fourth-order valence-corrected chi connectivity index (χ4v) is 2.49. The van der Waals surface area contributed by atoms with E-state index >= 15 is 0 Å². The van der Waals surface area contributed by atoms with Crippen LogP contribution in [0.1, 0.15) is 17.4 Å². The Morgan fingerprint density at radius 1 is 1.57 bits per heavy atom. The lowest BCUT2D eigenvalue weighted by Crippen LogP contribution is -2.63. The van der Waals surface area contributed by atoms with E-state index in [9.17, 15) is 9.59 Å². The first-order valence-electron chi connectivity index (χ1n) is 6.06. The van der Waals surface area contributed by atoms with Crippen LogP contribution in [0.5, 0.6) is 0 Å². The SMILES string of the molecule is CSc1ncc(Cl)c(C(=O)N2CC(C)(OCC(=O)O)C2)n1. The molecule has 0 bridgehead atoms. The van der Waals surface area contributed by atoms with Crippen LogP contribution in [0.4, 0.5) is 0 Å². The normalized spacial score (nSPS) is 16.4. The number of ether oxygens (including phenoxy) is 1. The molecular formula is C12H14ClN3O4S. The maximum absolute atomic E-state index is 12.3. The summed E-state index contributed by atoms with van der Waals surface area (Å²) in [5.74, 6) is -1.35. The lowest BCUT2D eigenvalue weighted by Gasteiger charge is -2.47. The minimum absolute atomic E-state index is 0.149. The summed E-state index contributed by atoms with van der Waals surface area (Å²) in [6.07, 6.45) is 3.20. The summed E-state index contributed by atoms with van der Waals surface area (Å²) in [5, 5.41) is 9.26. The predicted octanol–water partition coefficient (Wildman–Crippen LogP) is 1.17. The van der Waals surface area contributed by atoms with Crippen LogP contribution in [0.2, 0.25) is 5.02 Å². The van der Waals surface area contributed by atoms with Gasteiger partial charge in [-0.3, -0.25) is 4.79 Å². The van der Waals surface area contributed by atoms with Crippen molar-refractivity contribution in [3.05, 3.63) is 16.9 Å². The molecule has 1 aromatic heterocycles. The Hall–Kier alpha value is -1.38. The summed E-state index contributed by atoms with van der Waals surface area (Å²) in [6, 6.07) is 0. The molecule has 9 heteroatoms. The molecule has 1 amide bonds. The van der Waals surface area contributed by atoms with Gasteiger partial charge in [0.25, 0.3) is 5.91 Å². The molecule has 0 aliphatic carbocycles. The van der Waals surface area contributed by atoms with E-state index < -0.39 is 11.6 Å². The van der Waals surface area contributed by atoms with E-state index in [-0.39, 0.29) is 23.2 Å². The van der Waals surface area contributed by atoms with E-state index in [0.29, 0.717) is 18.2 Å². The first kappa shape index (κ1) is 16.0. The highest BCUT2D eigenvalue weighted by molar-refractivity contribution is 7.98. The molecule has 0 spiro atoms. The van der Waals surface area contributed by atoms with Gasteiger partial charge < -0.3 is 14.7 Å². The van der Waals surface area contributed by atoms with Gasteiger partial charge in [0.05, 0.1) is 24.3 Å². The molecule has 0 unspecified atom stereocenters. The first-order valence-corrected chi connectivity index (χ1v) is 7.66. The number of aromatic nitrogens is 2. The Balaban J connectivity index is 2.02. The quantitative estimate of drug-likeness (QED) is 0.639. The van der Waals surface area contributed by atoms with Crippen LogP contribution in [0, 0.1) is 0 Å². The molecule has 1 saturated heterocycles. The fourth-order valence-electron chi connectivity index (χ4n) is 1.98. The molecule has 0 atom stereocenters. The standard InChI is InChI=1S/C12H14ClN3O4S/c1-12(20-4-8(17)18)5-16(6-12)10(19)9-7(13)3-14-11(15-9)21-2/h3H,4-6H2,1-2H3,(H,17,18). The van der Waals surface area contributed by atoms with E-state index in [1.165, 1.54) is 22.9 Å². The van der Waals surface area contributed by atoms with Crippen molar-refractivity contribution in [3.8, 4) is 0 Å². The summed E-state index contributed by atoms with van der Waals surface area (Å²) >= 11 is 7.27. The molecule has 0 aromatic carbocycles. The van der Waals surface area contributed by atoms with Crippen molar-refractivity contribution in [3.63, 3.8) is 0 Å². The number of rotatable bonds is 5. The molecule has 1 fully saturated rings. The number of hydrogen-bond acceptors (Lipinski definition) is 6. The molecule has 2 heterocycles. The van der Waals surface area contributed by atoms with Crippen molar-refractivity contribution < 1.29 is 19.4 Å². The summed E-state index contributed by atoms with van der Waals surface area (Å²) in [7, 11) is 0. The molecule has 1 N–H and O–H groups in total. The van der Waals surface area contributed by atoms with Crippen LogP contribution in [0.3, 0.4) is 0 Å². The topological polar surface area (TPSA) is 92.6 Å². The number of hydrogen-bond donors (Lipinski definition) is 1. The summed E-state index contributed by atoms with van der Waals surface area (Å²) in [4.78, 5) is 32.4. The first-order chi connectivity index (χ1) is 9.84. The predicted molar refractivity (Wildman–Crippen MR) is 76.7 cm³/mol. The van der Waals surface area contributed by atoms with E-state index in [2.05, 4.69) is 9.97 Å².